The summed E-state index contributed by atoms with van der Waals surface area (Å²) in [4.78, 5) is 12.0. The number of benzene rings is 1. The smallest absolute Gasteiger partial charge is 0.319 e. The van der Waals surface area contributed by atoms with E-state index in [1.165, 1.54) is 0 Å². The first-order chi connectivity index (χ1) is 10.6. The highest BCUT2D eigenvalue weighted by Gasteiger charge is 2.14. The fourth-order valence-corrected chi connectivity index (χ4v) is 2.09. The highest BCUT2D eigenvalue weighted by molar-refractivity contribution is 6.32. The maximum absolute atomic E-state index is 12.0. The molecular formula is C15H23ClN2O4. The van der Waals surface area contributed by atoms with Gasteiger partial charge in [-0.2, -0.15) is 0 Å². The lowest BCUT2D eigenvalue weighted by molar-refractivity contribution is 0.146. The molecular weight excluding hydrogens is 308 g/mol. The Morgan fingerprint density at radius 3 is 2.82 bits per heavy atom. The van der Waals surface area contributed by atoms with Crippen LogP contribution in [-0.4, -0.2) is 44.1 Å². The minimum atomic E-state index is -0.362. The predicted molar refractivity (Wildman–Crippen MR) is 86.8 cm³/mol. The van der Waals surface area contributed by atoms with Gasteiger partial charge in [-0.25, -0.2) is 4.79 Å². The van der Waals surface area contributed by atoms with Crippen LogP contribution in [0.2, 0.25) is 5.02 Å². The Morgan fingerprint density at radius 1 is 1.41 bits per heavy atom. The standard InChI is InChI=1S/C15H23ClN2O4/c1-3-11(7-8-19)17-15(20)18-13-6-4-5-12(16)14(13)22-10-9-21-2/h4-6,11,19H,3,7-10H2,1-2H3,(H2,17,18,20). The summed E-state index contributed by atoms with van der Waals surface area (Å²) < 4.78 is 10.5. The van der Waals surface area contributed by atoms with Crippen molar-refractivity contribution in [2.45, 2.75) is 25.8 Å². The number of para-hydroxylation sites is 1. The molecule has 0 heterocycles. The minimum absolute atomic E-state index is 0.0291. The third kappa shape index (κ3) is 6.09. The summed E-state index contributed by atoms with van der Waals surface area (Å²) in [5.41, 5.74) is 0.486. The molecule has 1 rings (SSSR count). The SMILES string of the molecule is CCC(CCO)NC(=O)Nc1cccc(Cl)c1OCCOC. The molecule has 1 aromatic carbocycles. The lowest BCUT2D eigenvalue weighted by Crippen LogP contribution is -2.38. The second-order valence-electron chi connectivity index (χ2n) is 4.67. The molecule has 6 nitrogen and oxygen atoms in total. The van der Waals surface area contributed by atoms with Crippen LogP contribution in [0.3, 0.4) is 0 Å². The van der Waals surface area contributed by atoms with Gasteiger partial charge in [0.05, 0.1) is 17.3 Å². The van der Waals surface area contributed by atoms with Crippen molar-refractivity contribution in [2.75, 3.05) is 32.2 Å². The number of nitrogens with one attached hydrogen (secondary N) is 2. The van der Waals surface area contributed by atoms with Crippen molar-refractivity contribution in [1.82, 2.24) is 5.32 Å². The molecule has 0 bridgehead atoms. The van der Waals surface area contributed by atoms with Crippen LogP contribution >= 0.6 is 11.6 Å². The molecule has 0 aliphatic heterocycles. The number of carbonyl (C=O) groups excluding carboxylic acids is 1. The van der Waals surface area contributed by atoms with E-state index in [4.69, 9.17) is 26.2 Å². The number of halogens is 1. The third-order valence-corrected chi connectivity index (χ3v) is 3.35. The lowest BCUT2D eigenvalue weighted by Gasteiger charge is -2.18. The number of aliphatic hydroxyl groups excluding tert-OH is 1. The van der Waals surface area contributed by atoms with Gasteiger partial charge in [0.15, 0.2) is 5.75 Å². The summed E-state index contributed by atoms with van der Waals surface area (Å²) in [5, 5.41) is 14.9. The summed E-state index contributed by atoms with van der Waals surface area (Å²) in [6.45, 7) is 2.73. The zero-order valence-electron chi connectivity index (χ0n) is 12.9. The molecule has 1 aromatic rings. The van der Waals surface area contributed by atoms with Gasteiger partial charge in [0.1, 0.15) is 6.61 Å². The lowest BCUT2D eigenvalue weighted by atomic mass is 10.2. The van der Waals surface area contributed by atoms with Crippen molar-refractivity contribution in [3.8, 4) is 5.75 Å². The van der Waals surface area contributed by atoms with E-state index in [1.54, 1.807) is 25.3 Å². The summed E-state index contributed by atoms with van der Waals surface area (Å²) in [7, 11) is 1.58. The number of anilines is 1. The Bertz CT molecular complexity index is 471. The van der Waals surface area contributed by atoms with Crippen molar-refractivity contribution in [2.24, 2.45) is 0 Å². The van der Waals surface area contributed by atoms with Crippen molar-refractivity contribution in [3.05, 3.63) is 23.2 Å². The fraction of sp³-hybridized carbons (Fsp3) is 0.533. The number of urea groups is 1. The number of amides is 2. The summed E-state index contributed by atoms with van der Waals surface area (Å²) in [6, 6.07) is 4.68. The molecule has 0 saturated carbocycles. The van der Waals surface area contributed by atoms with Crippen LogP contribution in [-0.2, 0) is 4.74 Å². The van der Waals surface area contributed by atoms with Crippen molar-refractivity contribution < 1.29 is 19.4 Å². The van der Waals surface area contributed by atoms with E-state index in [0.29, 0.717) is 36.1 Å². The number of hydrogen-bond donors (Lipinski definition) is 3. The van der Waals surface area contributed by atoms with E-state index in [1.807, 2.05) is 6.92 Å². The first-order valence-electron chi connectivity index (χ1n) is 7.21. The largest absolute Gasteiger partial charge is 0.487 e. The van der Waals surface area contributed by atoms with Crippen molar-refractivity contribution in [1.29, 1.82) is 0 Å². The Hall–Kier alpha value is -1.50. The normalized spacial score (nSPS) is 11.8. The average molecular weight is 331 g/mol. The molecule has 7 heteroatoms. The minimum Gasteiger partial charge on any atom is -0.487 e. The molecule has 124 valence electrons. The van der Waals surface area contributed by atoms with Crippen LogP contribution in [0.5, 0.6) is 5.75 Å². The van der Waals surface area contributed by atoms with Gasteiger partial charge in [-0.1, -0.05) is 24.6 Å². The highest BCUT2D eigenvalue weighted by Crippen LogP contribution is 2.32. The van der Waals surface area contributed by atoms with Crippen molar-refractivity contribution in [3.63, 3.8) is 0 Å². The van der Waals surface area contributed by atoms with Gasteiger partial charge in [-0.15, -0.1) is 0 Å². The maximum Gasteiger partial charge on any atom is 0.319 e. The summed E-state index contributed by atoms with van der Waals surface area (Å²) >= 11 is 6.10. The van der Waals surface area contributed by atoms with Crippen molar-refractivity contribution >= 4 is 23.3 Å². The van der Waals surface area contributed by atoms with Crippen LogP contribution in [0.1, 0.15) is 19.8 Å². The van der Waals surface area contributed by atoms with Crippen LogP contribution in [0.15, 0.2) is 18.2 Å². The van der Waals surface area contributed by atoms with E-state index in [0.717, 1.165) is 6.42 Å². The number of carbonyl (C=O) groups is 1. The number of rotatable bonds is 9. The second-order valence-corrected chi connectivity index (χ2v) is 5.08. The van der Waals surface area contributed by atoms with Gasteiger partial charge < -0.3 is 25.2 Å². The first-order valence-corrected chi connectivity index (χ1v) is 7.58. The topological polar surface area (TPSA) is 79.8 Å². The zero-order chi connectivity index (χ0) is 16.4. The van der Waals surface area contributed by atoms with Crippen LogP contribution in [0, 0.1) is 0 Å². The van der Waals surface area contributed by atoms with E-state index >= 15 is 0 Å². The number of hydrogen-bond acceptors (Lipinski definition) is 4. The van der Waals surface area contributed by atoms with Crippen LogP contribution < -0.4 is 15.4 Å². The Morgan fingerprint density at radius 2 is 2.18 bits per heavy atom. The first kappa shape index (κ1) is 18.5. The predicted octanol–water partition coefficient (Wildman–Crippen LogP) is 2.65. The third-order valence-electron chi connectivity index (χ3n) is 3.05. The zero-order valence-corrected chi connectivity index (χ0v) is 13.7. The monoisotopic (exact) mass is 330 g/mol. The Kier molecular flexibility index (Phi) is 8.65. The van der Waals surface area contributed by atoms with E-state index in [-0.39, 0.29) is 18.7 Å². The van der Waals surface area contributed by atoms with Gasteiger partial charge >= 0.3 is 6.03 Å². The molecule has 0 aromatic heterocycles. The molecule has 0 aliphatic carbocycles. The number of aliphatic hydroxyl groups is 1. The number of ether oxygens (including phenoxy) is 2. The van der Waals surface area contributed by atoms with Gasteiger partial charge in [-0.3, -0.25) is 0 Å². The van der Waals surface area contributed by atoms with Crippen LogP contribution in [0.25, 0.3) is 0 Å². The summed E-state index contributed by atoms with van der Waals surface area (Å²) in [6.07, 6.45) is 1.25. The molecule has 2 amide bonds. The van der Waals surface area contributed by atoms with E-state index in [2.05, 4.69) is 10.6 Å². The Labute approximate surface area is 135 Å². The Balaban J connectivity index is 2.71. The van der Waals surface area contributed by atoms with Gasteiger partial charge in [-0.05, 0) is 25.0 Å². The molecule has 1 unspecified atom stereocenters. The molecule has 0 fully saturated rings. The average Bonchev–Trinajstić information content (AvgIpc) is 2.49. The molecule has 1 atom stereocenters. The molecule has 22 heavy (non-hydrogen) atoms. The van der Waals surface area contributed by atoms with E-state index in [9.17, 15) is 4.79 Å². The molecule has 3 N–H and O–H groups in total. The van der Waals surface area contributed by atoms with Gasteiger partial charge in [0.25, 0.3) is 0 Å². The second kappa shape index (κ2) is 10.3. The maximum atomic E-state index is 12.0. The van der Waals surface area contributed by atoms with Gasteiger partial charge in [0, 0.05) is 19.8 Å². The quantitative estimate of drug-likeness (QED) is 0.608. The number of methoxy groups -OCH3 is 1. The van der Waals surface area contributed by atoms with Gasteiger partial charge in [0.2, 0.25) is 0 Å². The van der Waals surface area contributed by atoms with E-state index < -0.39 is 0 Å². The molecule has 0 radical (unpaired) electrons. The highest BCUT2D eigenvalue weighted by atomic mass is 35.5. The van der Waals surface area contributed by atoms with Crippen LogP contribution in [0.4, 0.5) is 10.5 Å². The molecule has 0 aliphatic rings. The summed E-state index contributed by atoms with van der Waals surface area (Å²) in [5.74, 6) is 0.409. The molecule has 0 saturated heterocycles. The molecule has 0 spiro atoms. The fourth-order valence-electron chi connectivity index (χ4n) is 1.86.